The first-order chi connectivity index (χ1) is 9.47. The summed E-state index contributed by atoms with van der Waals surface area (Å²) < 4.78 is 7.14. The molecule has 0 spiro atoms. The lowest BCUT2D eigenvalue weighted by atomic mass is 9.90. The van der Waals surface area contributed by atoms with Crippen molar-refractivity contribution in [3.05, 3.63) is 35.7 Å². The molecule has 104 valence electrons. The molecule has 0 fully saturated rings. The Bertz CT molecular complexity index is 629. The van der Waals surface area contributed by atoms with E-state index in [1.807, 2.05) is 52.0 Å². The van der Waals surface area contributed by atoms with Crippen LogP contribution in [-0.4, -0.2) is 21.6 Å². The predicted octanol–water partition coefficient (Wildman–Crippen LogP) is 2.84. The molecule has 0 atom stereocenters. The van der Waals surface area contributed by atoms with Crippen molar-refractivity contribution >= 4 is 0 Å². The van der Waals surface area contributed by atoms with Gasteiger partial charge in [-0.3, -0.25) is 0 Å². The number of nitriles is 1. The number of aromatic nitrogens is 3. The van der Waals surface area contributed by atoms with Crippen LogP contribution in [0.5, 0.6) is 5.75 Å². The van der Waals surface area contributed by atoms with Gasteiger partial charge in [-0.25, -0.2) is 4.68 Å². The number of rotatable bonds is 3. The molecule has 0 bridgehead atoms. The lowest BCUT2D eigenvalue weighted by molar-refractivity contribution is 0.340. The van der Waals surface area contributed by atoms with Crippen LogP contribution in [0.25, 0.3) is 5.69 Å². The number of hydrogen-bond donors (Lipinski definition) is 0. The standard InChI is InChI=1S/C15H18N4O/c1-5-20-12-8-6-11(7-9-12)19-14(15(2,3)4)13(10-16)17-18-19/h6-9H,5H2,1-4H3. The molecule has 0 aliphatic carbocycles. The van der Waals surface area contributed by atoms with E-state index >= 15 is 0 Å². The van der Waals surface area contributed by atoms with Crippen LogP contribution in [0.2, 0.25) is 0 Å². The average molecular weight is 270 g/mol. The van der Waals surface area contributed by atoms with Crippen LogP contribution in [-0.2, 0) is 5.41 Å². The van der Waals surface area contributed by atoms with Crippen LogP contribution in [0.15, 0.2) is 24.3 Å². The Labute approximate surface area is 118 Å². The van der Waals surface area contributed by atoms with Crippen LogP contribution >= 0.6 is 0 Å². The third kappa shape index (κ3) is 2.64. The van der Waals surface area contributed by atoms with E-state index in [-0.39, 0.29) is 5.41 Å². The second kappa shape index (κ2) is 5.33. The SMILES string of the molecule is CCOc1ccc(-n2nnc(C#N)c2C(C)(C)C)cc1. The van der Waals surface area contributed by atoms with Crippen molar-refractivity contribution in [3.63, 3.8) is 0 Å². The number of benzene rings is 1. The van der Waals surface area contributed by atoms with E-state index in [1.165, 1.54) is 0 Å². The van der Waals surface area contributed by atoms with Gasteiger partial charge in [-0.15, -0.1) is 5.10 Å². The normalized spacial score (nSPS) is 11.2. The first-order valence-electron chi connectivity index (χ1n) is 6.57. The Balaban J connectivity index is 2.48. The molecule has 2 aromatic rings. The summed E-state index contributed by atoms with van der Waals surface area (Å²) in [5.74, 6) is 0.814. The quantitative estimate of drug-likeness (QED) is 0.860. The van der Waals surface area contributed by atoms with Gasteiger partial charge in [0.25, 0.3) is 0 Å². The predicted molar refractivity (Wildman–Crippen MR) is 75.9 cm³/mol. The summed E-state index contributed by atoms with van der Waals surface area (Å²) in [6.07, 6.45) is 0. The fourth-order valence-electron chi connectivity index (χ4n) is 2.06. The van der Waals surface area contributed by atoms with Crippen LogP contribution in [0.4, 0.5) is 0 Å². The zero-order valence-corrected chi connectivity index (χ0v) is 12.2. The zero-order chi connectivity index (χ0) is 14.8. The minimum atomic E-state index is -0.215. The molecule has 5 heteroatoms. The summed E-state index contributed by atoms with van der Waals surface area (Å²) in [6, 6.07) is 9.71. The minimum absolute atomic E-state index is 0.215. The van der Waals surface area contributed by atoms with Crippen LogP contribution in [0, 0.1) is 11.3 Å². The Morgan fingerprint density at radius 2 is 1.90 bits per heavy atom. The molecular weight excluding hydrogens is 252 g/mol. The maximum absolute atomic E-state index is 9.17. The molecule has 1 aromatic carbocycles. The molecule has 0 radical (unpaired) electrons. The largest absolute Gasteiger partial charge is 0.494 e. The van der Waals surface area contributed by atoms with Crippen molar-refractivity contribution in [2.24, 2.45) is 0 Å². The van der Waals surface area contributed by atoms with Crippen molar-refractivity contribution in [1.82, 2.24) is 15.0 Å². The van der Waals surface area contributed by atoms with Crippen molar-refractivity contribution in [2.75, 3.05) is 6.61 Å². The van der Waals surface area contributed by atoms with Crippen LogP contribution in [0.3, 0.4) is 0 Å². The van der Waals surface area contributed by atoms with E-state index in [4.69, 9.17) is 4.74 Å². The van der Waals surface area contributed by atoms with Gasteiger partial charge in [-0.05, 0) is 31.2 Å². The summed E-state index contributed by atoms with van der Waals surface area (Å²) in [7, 11) is 0. The van der Waals surface area contributed by atoms with Gasteiger partial charge >= 0.3 is 0 Å². The smallest absolute Gasteiger partial charge is 0.186 e. The summed E-state index contributed by atoms with van der Waals surface area (Å²) in [5.41, 5.74) is 1.83. The van der Waals surface area contributed by atoms with Gasteiger partial charge in [0, 0.05) is 5.41 Å². The van der Waals surface area contributed by atoms with Crippen LogP contribution < -0.4 is 4.74 Å². The highest BCUT2D eigenvalue weighted by atomic mass is 16.5. The highest BCUT2D eigenvalue weighted by Crippen LogP contribution is 2.27. The van der Waals surface area contributed by atoms with E-state index < -0.39 is 0 Å². The lowest BCUT2D eigenvalue weighted by Gasteiger charge is -2.19. The monoisotopic (exact) mass is 270 g/mol. The molecule has 0 N–H and O–H groups in total. The molecule has 0 unspecified atom stereocenters. The molecule has 0 saturated carbocycles. The van der Waals surface area contributed by atoms with E-state index in [0.717, 1.165) is 17.1 Å². The Hall–Kier alpha value is -2.35. The van der Waals surface area contributed by atoms with Crippen LogP contribution in [0.1, 0.15) is 39.1 Å². The molecule has 1 heterocycles. The second-order valence-corrected chi connectivity index (χ2v) is 5.49. The van der Waals surface area contributed by atoms with Gasteiger partial charge in [-0.2, -0.15) is 5.26 Å². The van der Waals surface area contributed by atoms with Gasteiger partial charge in [0.2, 0.25) is 0 Å². The van der Waals surface area contributed by atoms with Gasteiger partial charge in [-0.1, -0.05) is 26.0 Å². The molecule has 0 amide bonds. The Morgan fingerprint density at radius 3 is 2.40 bits per heavy atom. The molecule has 0 saturated heterocycles. The number of nitrogens with zero attached hydrogens (tertiary/aromatic N) is 4. The third-order valence-corrected chi connectivity index (χ3v) is 2.88. The Morgan fingerprint density at radius 1 is 1.25 bits per heavy atom. The highest BCUT2D eigenvalue weighted by Gasteiger charge is 2.26. The fraction of sp³-hybridized carbons (Fsp3) is 0.400. The van der Waals surface area contributed by atoms with Gasteiger partial charge in [0.05, 0.1) is 18.0 Å². The van der Waals surface area contributed by atoms with Gasteiger partial charge in [0.15, 0.2) is 5.69 Å². The first kappa shape index (κ1) is 14.1. The van der Waals surface area contributed by atoms with E-state index in [1.54, 1.807) is 4.68 Å². The molecule has 2 rings (SSSR count). The molecule has 0 aliphatic rings. The molecule has 20 heavy (non-hydrogen) atoms. The fourth-order valence-corrected chi connectivity index (χ4v) is 2.06. The maximum atomic E-state index is 9.17. The summed E-state index contributed by atoms with van der Waals surface area (Å²) in [5, 5.41) is 17.2. The van der Waals surface area contributed by atoms with Gasteiger partial charge < -0.3 is 4.74 Å². The number of hydrogen-bond acceptors (Lipinski definition) is 4. The second-order valence-electron chi connectivity index (χ2n) is 5.49. The van der Waals surface area contributed by atoms with Crippen molar-refractivity contribution < 1.29 is 4.74 Å². The lowest BCUT2D eigenvalue weighted by Crippen LogP contribution is -2.19. The summed E-state index contributed by atoms with van der Waals surface area (Å²) >= 11 is 0. The Kier molecular flexibility index (Phi) is 3.75. The van der Waals surface area contributed by atoms with Crippen molar-refractivity contribution in [3.8, 4) is 17.5 Å². The minimum Gasteiger partial charge on any atom is -0.494 e. The van der Waals surface area contributed by atoms with E-state index in [0.29, 0.717) is 12.3 Å². The maximum Gasteiger partial charge on any atom is 0.186 e. The molecule has 1 aromatic heterocycles. The molecular formula is C15H18N4O. The van der Waals surface area contributed by atoms with Gasteiger partial charge in [0.1, 0.15) is 11.8 Å². The summed E-state index contributed by atoms with van der Waals surface area (Å²) in [4.78, 5) is 0. The zero-order valence-electron chi connectivity index (χ0n) is 12.2. The topological polar surface area (TPSA) is 63.7 Å². The van der Waals surface area contributed by atoms with E-state index in [2.05, 4.69) is 16.4 Å². The summed E-state index contributed by atoms with van der Waals surface area (Å²) in [6.45, 7) is 8.70. The van der Waals surface area contributed by atoms with E-state index in [9.17, 15) is 5.26 Å². The third-order valence-electron chi connectivity index (χ3n) is 2.88. The molecule has 0 aliphatic heterocycles. The van der Waals surface area contributed by atoms with Crippen molar-refractivity contribution in [1.29, 1.82) is 5.26 Å². The first-order valence-corrected chi connectivity index (χ1v) is 6.57. The van der Waals surface area contributed by atoms with Crippen molar-refractivity contribution in [2.45, 2.75) is 33.1 Å². The average Bonchev–Trinajstić information content (AvgIpc) is 2.84. The number of ether oxygens (including phenoxy) is 1. The molecule has 5 nitrogen and oxygen atoms in total. The highest BCUT2D eigenvalue weighted by molar-refractivity contribution is 5.41.